The van der Waals surface area contributed by atoms with Gasteiger partial charge in [-0.05, 0) is 108 Å². The van der Waals surface area contributed by atoms with Crippen molar-refractivity contribution in [2.75, 3.05) is 36.2 Å². The lowest BCUT2D eigenvalue weighted by Gasteiger charge is -2.40. The van der Waals surface area contributed by atoms with E-state index in [2.05, 4.69) is 44.5 Å². The first-order chi connectivity index (χ1) is 25.7. The van der Waals surface area contributed by atoms with E-state index in [9.17, 15) is 19.2 Å². The van der Waals surface area contributed by atoms with Crippen molar-refractivity contribution in [3.8, 4) is 0 Å². The number of hydrogen-bond acceptors (Lipinski definition) is 8. The molecule has 3 rings (SSSR count). The molecule has 0 aliphatic carbocycles. The maximum absolute atomic E-state index is 15.8. The molecule has 0 spiro atoms. The van der Waals surface area contributed by atoms with Gasteiger partial charge in [-0.3, -0.25) is 9.59 Å². The summed E-state index contributed by atoms with van der Waals surface area (Å²) < 4.78 is 33.8. The molecule has 2 N–H and O–H groups in total. The van der Waals surface area contributed by atoms with Gasteiger partial charge >= 0.3 is 12.1 Å². The van der Waals surface area contributed by atoms with Crippen LogP contribution in [0.3, 0.4) is 0 Å². The molecule has 0 radical (unpaired) electrons. The molecule has 1 atom stereocenters. The number of benzene rings is 3. The molecule has 13 heteroatoms. The highest BCUT2D eigenvalue weighted by Crippen LogP contribution is 2.44. The van der Waals surface area contributed by atoms with E-state index >= 15 is 4.39 Å². The maximum Gasteiger partial charge on any atom is 0.410 e. The molecule has 0 saturated heterocycles. The quantitative estimate of drug-likeness (QED) is 0.0939. The van der Waals surface area contributed by atoms with Gasteiger partial charge in [-0.15, -0.1) is 0 Å². The van der Waals surface area contributed by atoms with Crippen LogP contribution in [0.1, 0.15) is 103 Å². The van der Waals surface area contributed by atoms with E-state index in [-0.39, 0.29) is 18.0 Å². The molecule has 56 heavy (non-hydrogen) atoms. The molecule has 0 aliphatic heterocycles. The van der Waals surface area contributed by atoms with Gasteiger partial charge in [0.15, 0.2) is 8.32 Å². The van der Waals surface area contributed by atoms with Crippen LogP contribution >= 0.6 is 0 Å². The van der Waals surface area contributed by atoms with Crippen LogP contribution in [0.2, 0.25) is 18.1 Å². The van der Waals surface area contributed by atoms with Crippen LogP contribution in [0.4, 0.5) is 26.2 Å². The van der Waals surface area contributed by atoms with E-state index in [0.29, 0.717) is 34.7 Å². The average Bonchev–Trinajstić information content (AvgIpc) is 3.05. The molecule has 0 saturated carbocycles. The fraction of sp³-hybridized carbons (Fsp3) is 0.488. The summed E-state index contributed by atoms with van der Waals surface area (Å²) in [5.41, 5.74) is 1.38. The van der Waals surface area contributed by atoms with Gasteiger partial charge in [-0.25, -0.2) is 14.0 Å². The normalized spacial score (nSPS) is 12.7. The van der Waals surface area contributed by atoms with Crippen molar-refractivity contribution in [2.45, 2.75) is 117 Å². The number of nitrogens with zero attached hydrogens (tertiary/aromatic N) is 2. The summed E-state index contributed by atoms with van der Waals surface area (Å²) in [4.78, 5) is 55.6. The largest absolute Gasteiger partial charge is 0.456 e. The van der Waals surface area contributed by atoms with E-state index in [1.54, 1.807) is 67.8 Å². The first-order valence-electron chi connectivity index (χ1n) is 18.9. The smallest absolute Gasteiger partial charge is 0.410 e. The third-order valence-electron chi connectivity index (χ3n) is 9.20. The minimum Gasteiger partial charge on any atom is -0.456 e. The Morgan fingerprint density at radius 1 is 0.786 bits per heavy atom. The fourth-order valence-electron chi connectivity index (χ4n) is 5.36. The molecule has 306 valence electrons. The highest BCUT2D eigenvalue weighted by Gasteiger charge is 2.40. The Morgan fingerprint density at radius 2 is 1.36 bits per heavy atom. The van der Waals surface area contributed by atoms with Gasteiger partial charge in [0.25, 0.3) is 0 Å². The van der Waals surface area contributed by atoms with Crippen molar-refractivity contribution in [3.05, 3.63) is 89.2 Å². The number of anilines is 3. The Balaban J connectivity index is 2.01. The van der Waals surface area contributed by atoms with Crippen molar-refractivity contribution in [3.63, 3.8) is 0 Å². The zero-order valence-corrected chi connectivity index (χ0v) is 36.4. The Hall–Kier alpha value is -4.75. The molecule has 0 aliphatic rings. The highest BCUT2D eigenvalue weighted by atomic mass is 28.4. The minimum atomic E-state index is -2.54. The molecule has 0 bridgehead atoms. The molecular weight excluding hydrogens is 732 g/mol. The lowest BCUT2D eigenvalue weighted by molar-refractivity contribution is -0.123. The second kappa shape index (κ2) is 18.5. The summed E-state index contributed by atoms with van der Waals surface area (Å²) >= 11 is 0. The number of esters is 1. The molecule has 3 aromatic carbocycles. The summed E-state index contributed by atoms with van der Waals surface area (Å²) in [6.07, 6.45) is -1.56. The fourth-order valence-corrected chi connectivity index (χ4v) is 6.67. The lowest BCUT2D eigenvalue weighted by Crippen LogP contribution is -2.43. The summed E-state index contributed by atoms with van der Waals surface area (Å²) in [5, 5.41) is 5.42. The van der Waals surface area contributed by atoms with Gasteiger partial charge in [-0.2, -0.15) is 0 Å². The van der Waals surface area contributed by atoms with E-state index in [0.717, 1.165) is 5.56 Å². The molecule has 1 unspecified atom stereocenters. The van der Waals surface area contributed by atoms with Crippen molar-refractivity contribution in [1.29, 1.82) is 0 Å². The van der Waals surface area contributed by atoms with E-state index in [1.807, 2.05) is 35.2 Å². The first kappa shape index (κ1) is 45.6. The van der Waals surface area contributed by atoms with Crippen molar-refractivity contribution < 1.29 is 37.5 Å². The molecule has 3 aromatic rings. The van der Waals surface area contributed by atoms with Crippen LogP contribution in [-0.4, -0.2) is 68.9 Å². The van der Waals surface area contributed by atoms with Crippen LogP contribution in [0.15, 0.2) is 66.7 Å². The minimum absolute atomic E-state index is 0.211. The Bertz CT molecular complexity index is 1830. The molecule has 3 amide bonds. The van der Waals surface area contributed by atoms with Crippen LogP contribution in [0.25, 0.3) is 0 Å². The standard InChI is InChI=1S/C43H61FN4O7Si/c1-41(2,3)53-39(51)30-19-21-32(22-20-30)45-36(49)27-37(50)46-38-33(25-31(44)26-34(38)48(11)28-29-17-15-14-16-18-29)35(55-56(12,13)43(7,8)9)23-24-47(10)40(52)54-42(4,5)6/h14-22,25-26,35H,23-24,27-28H2,1-13H3,(H,45,49)(H,46,50). The zero-order chi connectivity index (χ0) is 42.2. The van der Waals surface area contributed by atoms with E-state index in [1.165, 1.54) is 29.2 Å². The number of carbonyl (C=O) groups excluding carboxylic acids is 4. The number of ether oxygens (including phenoxy) is 2. The van der Waals surface area contributed by atoms with Crippen molar-refractivity contribution in [1.82, 2.24) is 4.90 Å². The van der Waals surface area contributed by atoms with Gasteiger partial charge in [0, 0.05) is 38.4 Å². The third-order valence-corrected chi connectivity index (χ3v) is 13.7. The lowest BCUT2D eigenvalue weighted by atomic mass is 10.0. The Kier molecular flexibility index (Phi) is 15.0. The van der Waals surface area contributed by atoms with Gasteiger partial charge in [0.2, 0.25) is 11.8 Å². The second-order valence-electron chi connectivity index (χ2n) is 17.6. The predicted molar refractivity (Wildman–Crippen MR) is 223 cm³/mol. The molecule has 0 aromatic heterocycles. The second-order valence-corrected chi connectivity index (χ2v) is 22.4. The third kappa shape index (κ3) is 14.1. The van der Waals surface area contributed by atoms with Crippen LogP contribution in [0, 0.1) is 5.82 Å². The summed E-state index contributed by atoms with van der Waals surface area (Å²) in [6.45, 7) is 21.8. The molecule has 11 nitrogen and oxygen atoms in total. The predicted octanol–water partition coefficient (Wildman–Crippen LogP) is 9.70. The van der Waals surface area contributed by atoms with Crippen LogP contribution in [0.5, 0.6) is 0 Å². The van der Waals surface area contributed by atoms with E-state index in [4.69, 9.17) is 13.9 Å². The zero-order valence-electron chi connectivity index (χ0n) is 35.4. The van der Waals surface area contributed by atoms with Gasteiger partial charge < -0.3 is 34.3 Å². The van der Waals surface area contributed by atoms with Crippen molar-refractivity contribution in [2.24, 2.45) is 0 Å². The van der Waals surface area contributed by atoms with Crippen LogP contribution in [-0.2, 0) is 30.0 Å². The number of nitrogens with one attached hydrogen (secondary N) is 2. The van der Waals surface area contributed by atoms with Gasteiger partial charge in [-0.1, -0.05) is 51.1 Å². The Labute approximate surface area is 333 Å². The average molecular weight is 793 g/mol. The number of rotatable bonds is 14. The highest BCUT2D eigenvalue weighted by molar-refractivity contribution is 6.74. The molecule has 0 fully saturated rings. The number of halogens is 1. The van der Waals surface area contributed by atoms with E-state index < -0.39 is 61.7 Å². The summed E-state index contributed by atoms with van der Waals surface area (Å²) in [5.74, 6) is -2.26. The molecule has 0 heterocycles. The summed E-state index contributed by atoms with van der Waals surface area (Å²) in [7, 11) is 0.891. The SMILES string of the molecule is CN(CCC(O[Si](C)(C)C(C)(C)C)c1cc(F)cc(N(C)Cc2ccccc2)c1NC(=O)CC(=O)Nc1ccc(C(=O)OC(C)(C)C)cc1)C(=O)OC(C)(C)C. The number of amides is 3. The Morgan fingerprint density at radius 3 is 1.91 bits per heavy atom. The first-order valence-corrected chi connectivity index (χ1v) is 21.8. The van der Waals surface area contributed by atoms with Crippen LogP contribution < -0.4 is 15.5 Å². The van der Waals surface area contributed by atoms with Crippen molar-refractivity contribution >= 4 is 49.3 Å². The molecular formula is C43H61FN4O7Si. The maximum atomic E-state index is 15.8. The number of carbonyl (C=O) groups is 4. The monoisotopic (exact) mass is 792 g/mol. The van der Waals surface area contributed by atoms with Gasteiger partial charge in [0.1, 0.15) is 23.4 Å². The number of hydrogen-bond donors (Lipinski definition) is 2. The topological polar surface area (TPSA) is 127 Å². The summed E-state index contributed by atoms with van der Waals surface area (Å²) in [6, 6.07) is 18.5. The van der Waals surface area contributed by atoms with Gasteiger partial charge in [0.05, 0.1) is 23.0 Å².